The molecule has 3 rings (SSSR count). The number of hydrogen-bond acceptors (Lipinski definition) is 4. The number of benzene rings is 2. The summed E-state index contributed by atoms with van der Waals surface area (Å²) >= 11 is 12.6. The van der Waals surface area contributed by atoms with Crippen molar-refractivity contribution in [3.63, 3.8) is 0 Å². The molecule has 0 fully saturated rings. The number of carbonyl (C=O) groups is 2. The zero-order valence-electron chi connectivity index (χ0n) is 14.3. The van der Waals surface area contributed by atoms with Crippen LogP contribution in [-0.2, 0) is 21.7 Å². The Kier molecular flexibility index (Phi) is 4.97. The molecule has 7 heteroatoms. The van der Waals surface area contributed by atoms with E-state index in [2.05, 4.69) is 0 Å². The number of nitrogens with zero attached hydrogens (tertiary/aromatic N) is 1. The molecule has 1 amide bonds. The van der Waals surface area contributed by atoms with Crippen LogP contribution in [0.5, 0.6) is 5.75 Å². The standard InChI is InChI=1S/C19H17Cl2NO4/c1-11(23)9-19(25)16-14(20)7-8-15(21)17(16)22(18(19)24)10-12-3-5-13(26-2)6-4-12/h3-8,25H,9-10H2,1-2H3/t19-/m1/s1. The van der Waals surface area contributed by atoms with Crippen molar-refractivity contribution in [2.24, 2.45) is 0 Å². The fourth-order valence-corrected chi connectivity index (χ4v) is 3.79. The van der Waals surface area contributed by atoms with E-state index in [1.165, 1.54) is 17.9 Å². The van der Waals surface area contributed by atoms with Crippen LogP contribution in [0.3, 0.4) is 0 Å². The lowest BCUT2D eigenvalue weighted by molar-refractivity contribution is -0.141. The second kappa shape index (κ2) is 6.91. The Morgan fingerprint density at radius 3 is 2.35 bits per heavy atom. The number of amides is 1. The molecule has 0 aliphatic carbocycles. The van der Waals surface area contributed by atoms with E-state index in [0.29, 0.717) is 11.4 Å². The molecule has 1 aliphatic rings. The molecule has 0 bridgehead atoms. The summed E-state index contributed by atoms with van der Waals surface area (Å²) in [5.74, 6) is -0.251. The highest BCUT2D eigenvalue weighted by Crippen LogP contribution is 2.50. The molecule has 1 atom stereocenters. The third-order valence-corrected chi connectivity index (χ3v) is 4.98. The van der Waals surface area contributed by atoms with Crippen LogP contribution in [0.4, 0.5) is 5.69 Å². The minimum atomic E-state index is -2.02. The predicted molar refractivity (Wildman–Crippen MR) is 99.8 cm³/mol. The first-order chi connectivity index (χ1) is 12.3. The molecule has 136 valence electrons. The second-order valence-electron chi connectivity index (χ2n) is 6.23. The van der Waals surface area contributed by atoms with Crippen LogP contribution in [0.2, 0.25) is 10.0 Å². The highest BCUT2D eigenvalue weighted by Gasteiger charge is 2.52. The van der Waals surface area contributed by atoms with Gasteiger partial charge in [0.25, 0.3) is 5.91 Å². The molecule has 0 spiro atoms. The Labute approximate surface area is 161 Å². The zero-order valence-corrected chi connectivity index (χ0v) is 15.8. The Bertz CT molecular complexity index is 882. The SMILES string of the molecule is COc1ccc(CN2C(=O)[C@@](O)(CC(C)=O)c3c(Cl)ccc(Cl)c32)cc1. The molecule has 1 heterocycles. The van der Waals surface area contributed by atoms with Crippen LogP contribution < -0.4 is 9.64 Å². The van der Waals surface area contributed by atoms with Gasteiger partial charge in [0, 0.05) is 17.0 Å². The number of ketones is 1. The number of carbonyl (C=O) groups excluding carboxylic acids is 2. The Hall–Kier alpha value is -2.08. The summed E-state index contributed by atoms with van der Waals surface area (Å²) in [7, 11) is 1.57. The van der Waals surface area contributed by atoms with Gasteiger partial charge in [0.05, 0.1) is 24.4 Å². The first-order valence-electron chi connectivity index (χ1n) is 7.93. The van der Waals surface area contributed by atoms with E-state index in [1.807, 2.05) is 12.1 Å². The smallest absolute Gasteiger partial charge is 0.264 e. The number of hydrogen-bond donors (Lipinski definition) is 1. The van der Waals surface area contributed by atoms with Crippen LogP contribution in [0.25, 0.3) is 0 Å². The molecule has 1 N–H and O–H groups in total. The number of methoxy groups -OCH3 is 1. The van der Waals surface area contributed by atoms with E-state index in [9.17, 15) is 14.7 Å². The summed E-state index contributed by atoms with van der Waals surface area (Å²) in [5.41, 5.74) is -0.687. The van der Waals surface area contributed by atoms with Gasteiger partial charge in [-0.25, -0.2) is 0 Å². The lowest BCUT2D eigenvalue weighted by Gasteiger charge is -2.22. The topological polar surface area (TPSA) is 66.8 Å². The maximum Gasteiger partial charge on any atom is 0.264 e. The lowest BCUT2D eigenvalue weighted by Crippen LogP contribution is -2.41. The summed E-state index contributed by atoms with van der Waals surface area (Å²) in [6.07, 6.45) is -0.363. The van der Waals surface area contributed by atoms with Crippen molar-refractivity contribution >= 4 is 40.6 Å². The number of anilines is 1. The van der Waals surface area contributed by atoms with Gasteiger partial charge in [-0.15, -0.1) is 0 Å². The molecule has 0 unspecified atom stereocenters. The number of fused-ring (bicyclic) bond motifs is 1. The van der Waals surface area contributed by atoms with E-state index >= 15 is 0 Å². The Morgan fingerprint density at radius 2 is 1.77 bits per heavy atom. The molecular formula is C19H17Cl2NO4. The van der Waals surface area contributed by atoms with Crippen molar-refractivity contribution in [3.8, 4) is 5.75 Å². The molecule has 0 aromatic heterocycles. The van der Waals surface area contributed by atoms with E-state index in [0.717, 1.165) is 5.56 Å². The van der Waals surface area contributed by atoms with Gasteiger partial charge in [0.2, 0.25) is 0 Å². The summed E-state index contributed by atoms with van der Waals surface area (Å²) in [5, 5.41) is 11.5. The van der Waals surface area contributed by atoms with Gasteiger partial charge >= 0.3 is 0 Å². The molecule has 26 heavy (non-hydrogen) atoms. The summed E-state index contributed by atoms with van der Waals surface area (Å²) in [4.78, 5) is 26.1. The van der Waals surface area contributed by atoms with Crippen LogP contribution in [0.15, 0.2) is 36.4 Å². The highest BCUT2D eigenvalue weighted by atomic mass is 35.5. The third-order valence-electron chi connectivity index (χ3n) is 4.36. The average molecular weight is 394 g/mol. The number of ether oxygens (including phenoxy) is 1. The van der Waals surface area contributed by atoms with Gasteiger partial charge < -0.3 is 14.7 Å². The Morgan fingerprint density at radius 1 is 1.15 bits per heavy atom. The minimum Gasteiger partial charge on any atom is -0.497 e. The first kappa shape index (κ1) is 18.7. The number of rotatable bonds is 5. The molecule has 0 saturated heterocycles. The number of Topliss-reactive ketones (excluding diaryl/α,β-unsaturated/α-hetero) is 1. The minimum absolute atomic E-state index is 0.177. The van der Waals surface area contributed by atoms with E-state index in [4.69, 9.17) is 27.9 Å². The van der Waals surface area contributed by atoms with Crippen LogP contribution in [0, 0.1) is 0 Å². The van der Waals surface area contributed by atoms with Crippen LogP contribution in [-0.4, -0.2) is 23.9 Å². The molecule has 2 aromatic carbocycles. The van der Waals surface area contributed by atoms with E-state index < -0.39 is 11.5 Å². The fraction of sp³-hybridized carbons (Fsp3) is 0.263. The summed E-state index contributed by atoms with van der Waals surface area (Å²) in [6, 6.07) is 10.3. The second-order valence-corrected chi connectivity index (χ2v) is 7.05. The van der Waals surface area contributed by atoms with Gasteiger partial charge in [0.1, 0.15) is 11.5 Å². The van der Waals surface area contributed by atoms with Crippen molar-refractivity contribution in [2.45, 2.75) is 25.5 Å². The van der Waals surface area contributed by atoms with Crippen molar-refractivity contribution in [1.82, 2.24) is 0 Å². The van der Waals surface area contributed by atoms with Crippen molar-refractivity contribution < 1.29 is 19.4 Å². The molecule has 0 saturated carbocycles. The molecule has 1 aliphatic heterocycles. The van der Waals surface area contributed by atoms with E-state index in [1.54, 1.807) is 25.3 Å². The van der Waals surface area contributed by atoms with Crippen molar-refractivity contribution in [1.29, 1.82) is 0 Å². The summed E-state index contributed by atoms with van der Waals surface area (Å²) in [6.45, 7) is 1.49. The van der Waals surface area contributed by atoms with Crippen molar-refractivity contribution in [2.75, 3.05) is 12.0 Å². The number of halogens is 2. The largest absolute Gasteiger partial charge is 0.497 e. The predicted octanol–water partition coefficient (Wildman–Crippen LogP) is 3.72. The number of aliphatic hydroxyl groups is 1. The van der Waals surface area contributed by atoms with Crippen molar-refractivity contribution in [3.05, 3.63) is 57.6 Å². The molecule has 0 radical (unpaired) electrons. The Balaban J connectivity index is 2.08. The monoisotopic (exact) mass is 393 g/mol. The fourth-order valence-electron chi connectivity index (χ4n) is 3.22. The highest BCUT2D eigenvalue weighted by molar-refractivity contribution is 6.38. The summed E-state index contributed by atoms with van der Waals surface area (Å²) < 4.78 is 5.13. The maximum atomic E-state index is 13.0. The van der Waals surface area contributed by atoms with Crippen LogP contribution in [0.1, 0.15) is 24.5 Å². The average Bonchev–Trinajstić information content (AvgIpc) is 2.81. The lowest BCUT2D eigenvalue weighted by atomic mass is 9.90. The quantitative estimate of drug-likeness (QED) is 0.840. The molecule has 2 aromatic rings. The van der Waals surface area contributed by atoms with Gasteiger partial charge in [-0.3, -0.25) is 9.59 Å². The normalized spacial score (nSPS) is 18.8. The van der Waals surface area contributed by atoms with E-state index in [-0.39, 0.29) is 34.4 Å². The zero-order chi connectivity index (χ0) is 19.1. The van der Waals surface area contributed by atoms with Gasteiger partial charge in [0.15, 0.2) is 5.60 Å². The first-order valence-corrected chi connectivity index (χ1v) is 8.68. The van der Waals surface area contributed by atoms with Gasteiger partial charge in [-0.1, -0.05) is 35.3 Å². The van der Waals surface area contributed by atoms with Gasteiger partial charge in [-0.05, 0) is 36.8 Å². The maximum absolute atomic E-state index is 13.0. The third kappa shape index (κ3) is 3.07. The van der Waals surface area contributed by atoms with Crippen LogP contribution >= 0.6 is 23.2 Å². The van der Waals surface area contributed by atoms with Gasteiger partial charge in [-0.2, -0.15) is 0 Å². The molecule has 5 nitrogen and oxygen atoms in total. The molecular weight excluding hydrogens is 377 g/mol.